The zero-order valence-electron chi connectivity index (χ0n) is 70.0. The fraction of sp³-hybridized carbons (Fsp3) is 0.0244. The molecule has 27 rings (SSSR count). The summed E-state index contributed by atoms with van der Waals surface area (Å²) in [5.41, 5.74) is 37.9. The molecule has 0 saturated heterocycles. The second-order valence-corrected chi connectivity index (χ2v) is 35.3. The molecule has 128 heavy (non-hydrogen) atoms. The van der Waals surface area contributed by atoms with Gasteiger partial charge in [-0.3, -0.25) is 0 Å². The van der Waals surface area contributed by atoms with Crippen LogP contribution in [0.25, 0.3) is 108 Å². The van der Waals surface area contributed by atoms with Crippen LogP contribution in [0.2, 0.25) is 0 Å². The van der Waals surface area contributed by atoms with Gasteiger partial charge in [0.1, 0.15) is 0 Å². The Balaban J connectivity index is 0.000000105. The summed E-state index contributed by atoms with van der Waals surface area (Å²) in [6, 6.07) is 175. The van der Waals surface area contributed by atoms with Gasteiger partial charge in [0, 0.05) is 76.7 Å². The third-order valence-electron chi connectivity index (χ3n) is 27.6. The first-order valence-electron chi connectivity index (χ1n) is 44.3. The van der Waals surface area contributed by atoms with E-state index in [4.69, 9.17) is 0 Å². The lowest BCUT2D eigenvalue weighted by Gasteiger charge is -2.35. The molecule has 1 atom stereocenters. The maximum absolute atomic E-state index is 3.81. The number of benzene rings is 21. The van der Waals surface area contributed by atoms with Crippen molar-refractivity contribution in [1.29, 1.82) is 0 Å². The summed E-state index contributed by atoms with van der Waals surface area (Å²) in [6.07, 6.45) is 0. The number of anilines is 9. The average Bonchev–Trinajstić information content (AvgIpc) is 1.51. The van der Waals surface area contributed by atoms with Crippen molar-refractivity contribution >= 4 is 115 Å². The van der Waals surface area contributed by atoms with E-state index in [1.54, 1.807) is 0 Å². The van der Waals surface area contributed by atoms with E-state index in [2.05, 4.69) is 500 Å². The van der Waals surface area contributed by atoms with Crippen LogP contribution in [-0.2, 0) is 16.2 Å². The summed E-state index contributed by atoms with van der Waals surface area (Å²) in [4.78, 5) is 2.35. The Morgan fingerprint density at radius 1 is 0.180 bits per heavy atom. The number of hydrogen-bond acceptors (Lipinski definition) is 5. The summed E-state index contributed by atoms with van der Waals surface area (Å²) in [5.74, 6) is 0. The summed E-state index contributed by atoms with van der Waals surface area (Å²) < 4.78 is 2.65. The highest BCUT2D eigenvalue weighted by Gasteiger charge is 2.54. The summed E-state index contributed by atoms with van der Waals surface area (Å²) in [6.45, 7) is 0. The standard InChI is InChI=1S/C47H34N2.C41H25NS.C35H23N/c1-4-18-35(19-5-1)47(36-20-15-25-40(32-36)49(38-21-6-2-7-22-38)39-23-8-3-9-24-39)44-28-13-12-27-42(44)43-31-30-37(33-45(43)47)48-46-29-14-17-34-16-10-11-26-41(34)46;1-2-10-28-25(9-1)17-21-36-40(28)32-20-18-27(42-26-19-22-39-33(23-26)31-13-5-8-16-38(31)43-39)24-37(32)41(36)34-14-6-3-11-29(34)30-12-4-7-15-35(30)41;1-2-10-24-21-25(18-17-23(24)9-1)36-26-19-20-30-29-13-5-8-16-33(29)35(34(30)22-26)31-14-6-3-11-27(31)28-12-4-7-15-32(28)35/h1-33,48H;1-24,42H;1-22,36H. The van der Waals surface area contributed by atoms with Crippen LogP contribution in [0.1, 0.15) is 66.8 Å². The number of thiophene rings is 1. The first-order chi connectivity index (χ1) is 63.4. The van der Waals surface area contributed by atoms with Gasteiger partial charge in [0.05, 0.1) is 16.2 Å². The van der Waals surface area contributed by atoms with Crippen LogP contribution < -0.4 is 20.9 Å². The lowest BCUT2D eigenvalue weighted by Crippen LogP contribution is -2.29. The topological polar surface area (TPSA) is 39.3 Å². The van der Waals surface area contributed by atoms with Crippen molar-refractivity contribution in [3.05, 3.63) is 546 Å². The highest BCUT2D eigenvalue weighted by Crippen LogP contribution is 2.66. The molecule has 1 unspecified atom stereocenters. The molecular formula is C123H82N4S. The van der Waals surface area contributed by atoms with Gasteiger partial charge in [0.25, 0.3) is 0 Å². The Kier molecular flexibility index (Phi) is 17.5. The van der Waals surface area contributed by atoms with Gasteiger partial charge >= 0.3 is 0 Å². The molecule has 2 spiro atoms. The van der Waals surface area contributed by atoms with Crippen molar-refractivity contribution in [2.75, 3.05) is 20.9 Å². The number of hydrogen-bond donors (Lipinski definition) is 3. The zero-order chi connectivity index (χ0) is 84.4. The fourth-order valence-corrected chi connectivity index (χ4v) is 23.5. The maximum atomic E-state index is 3.81. The number of nitrogens with one attached hydrogen (secondary N) is 3. The molecule has 4 nitrogen and oxygen atoms in total. The zero-order valence-corrected chi connectivity index (χ0v) is 70.8. The Hall–Kier alpha value is -16.2. The maximum Gasteiger partial charge on any atom is 0.0726 e. The van der Waals surface area contributed by atoms with Gasteiger partial charge in [-0.2, -0.15) is 0 Å². The second-order valence-electron chi connectivity index (χ2n) is 34.2. The van der Waals surface area contributed by atoms with E-state index in [-0.39, 0.29) is 10.8 Å². The van der Waals surface area contributed by atoms with E-state index in [1.165, 1.54) is 175 Å². The lowest BCUT2D eigenvalue weighted by atomic mass is 9.67. The first kappa shape index (κ1) is 74.4. The molecule has 0 saturated carbocycles. The normalized spacial score (nSPS) is 14.1. The van der Waals surface area contributed by atoms with Crippen LogP contribution in [0.5, 0.6) is 0 Å². The fourth-order valence-electron chi connectivity index (χ4n) is 22.4. The Bertz CT molecular complexity index is 8060. The van der Waals surface area contributed by atoms with Crippen molar-refractivity contribution in [3.8, 4) is 55.6 Å². The third-order valence-corrected chi connectivity index (χ3v) is 28.7. The van der Waals surface area contributed by atoms with Gasteiger partial charge in [0.2, 0.25) is 0 Å². The van der Waals surface area contributed by atoms with Crippen LogP contribution >= 0.6 is 11.3 Å². The molecule has 0 radical (unpaired) electrons. The van der Waals surface area contributed by atoms with Crippen LogP contribution in [-0.4, -0.2) is 0 Å². The number of nitrogens with zero attached hydrogens (tertiary/aromatic N) is 1. The summed E-state index contributed by atoms with van der Waals surface area (Å²) in [5, 5.41) is 21.5. The predicted molar refractivity (Wildman–Crippen MR) is 538 cm³/mol. The average molecular weight is 1650 g/mol. The molecular weight excluding hydrogens is 1570 g/mol. The quantitative estimate of drug-likeness (QED) is 0.121. The molecule has 0 amide bonds. The summed E-state index contributed by atoms with van der Waals surface area (Å²) >= 11 is 1.86. The van der Waals surface area contributed by atoms with Crippen molar-refractivity contribution < 1.29 is 0 Å². The van der Waals surface area contributed by atoms with Gasteiger partial charge in [-0.15, -0.1) is 11.3 Å². The molecule has 5 aliphatic carbocycles. The monoisotopic (exact) mass is 1650 g/mol. The molecule has 21 aromatic carbocycles. The Morgan fingerprint density at radius 3 is 1.12 bits per heavy atom. The molecule has 1 heterocycles. The molecule has 5 aliphatic rings. The van der Waals surface area contributed by atoms with E-state index in [0.717, 1.165) is 51.2 Å². The van der Waals surface area contributed by atoms with Crippen LogP contribution in [0.15, 0.2) is 479 Å². The third kappa shape index (κ3) is 11.5. The number of para-hydroxylation sites is 2. The molecule has 1 aromatic heterocycles. The largest absolute Gasteiger partial charge is 0.355 e. The van der Waals surface area contributed by atoms with Crippen LogP contribution in [0.4, 0.5) is 51.2 Å². The number of fused-ring (bicyclic) bond motifs is 30. The van der Waals surface area contributed by atoms with E-state index >= 15 is 0 Å². The van der Waals surface area contributed by atoms with E-state index < -0.39 is 5.41 Å². The Labute approximate surface area is 748 Å². The van der Waals surface area contributed by atoms with Gasteiger partial charge in [-0.25, -0.2) is 0 Å². The van der Waals surface area contributed by atoms with Crippen molar-refractivity contribution in [1.82, 2.24) is 0 Å². The van der Waals surface area contributed by atoms with Crippen LogP contribution in [0.3, 0.4) is 0 Å². The first-order valence-corrected chi connectivity index (χ1v) is 45.1. The minimum absolute atomic E-state index is 0.305. The van der Waals surface area contributed by atoms with Crippen LogP contribution in [0, 0.1) is 0 Å². The van der Waals surface area contributed by atoms with Gasteiger partial charge in [-0.05, 0) is 265 Å². The molecule has 3 N–H and O–H groups in total. The number of rotatable bonds is 11. The van der Waals surface area contributed by atoms with Gasteiger partial charge in [-0.1, -0.05) is 364 Å². The van der Waals surface area contributed by atoms with Crippen molar-refractivity contribution in [2.45, 2.75) is 16.2 Å². The van der Waals surface area contributed by atoms with E-state index in [9.17, 15) is 0 Å². The molecule has 600 valence electrons. The smallest absolute Gasteiger partial charge is 0.0726 e. The minimum atomic E-state index is -0.543. The molecule has 5 heteroatoms. The molecule has 22 aromatic rings. The molecule has 0 fully saturated rings. The highest BCUT2D eigenvalue weighted by molar-refractivity contribution is 7.25. The lowest BCUT2D eigenvalue weighted by molar-refractivity contribution is 0.768. The highest BCUT2D eigenvalue weighted by atomic mass is 32.1. The molecule has 0 aliphatic heterocycles. The van der Waals surface area contributed by atoms with Crippen molar-refractivity contribution in [3.63, 3.8) is 0 Å². The second kappa shape index (κ2) is 30.1. The minimum Gasteiger partial charge on any atom is -0.355 e. The van der Waals surface area contributed by atoms with E-state index in [1.807, 2.05) is 11.3 Å². The van der Waals surface area contributed by atoms with Gasteiger partial charge < -0.3 is 20.9 Å². The Morgan fingerprint density at radius 2 is 0.539 bits per heavy atom. The van der Waals surface area contributed by atoms with Gasteiger partial charge in [0.15, 0.2) is 0 Å². The summed E-state index contributed by atoms with van der Waals surface area (Å²) in [7, 11) is 0. The molecule has 0 bridgehead atoms. The SMILES string of the molecule is c1ccc(N(c2ccccc2)c2cccc(C3(c4ccccc4)c4ccccc4-c4ccc(Nc5cccc6ccccc56)cc43)c2)cc1.c1ccc2c(c1)-c1ccccc1C21c2cc(Nc3ccc4sc5ccccc5c4c3)ccc2-c2c1ccc1ccccc21.c1ccc2c(c1)-c1ccccc1C21c2ccccc2-c2ccc(Nc3ccc4ccccc4c3)cc21. The van der Waals surface area contributed by atoms with E-state index in [0.29, 0.717) is 0 Å². The predicted octanol–water partition coefficient (Wildman–Crippen LogP) is 32.6. The van der Waals surface area contributed by atoms with Crippen molar-refractivity contribution in [2.24, 2.45) is 0 Å².